The molecule has 88 valence electrons. The van der Waals surface area contributed by atoms with Crippen molar-refractivity contribution >= 4 is 27.8 Å². The summed E-state index contributed by atoms with van der Waals surface area (Å²) < 4.78 is 0. The summed E-state index contributed by atoms with van der Waals surface area (Å²) in [4.78, 5) is 23.2. The first kappa shape index (κ1) is 11.0. The van der Waals surface area contributed by atoms with E-state index in [0.717, 1.165) is 22.7 Å². The molecule has 18 heavy (non-hydrogen) atoms. The highest BCUT2D eigenvalue weighted by Gasteiger charge is 2.12. The van der Waals surface area contributed by atoms with Gasteiger partial charge < -0.3 is 4.98 Å². The molecular formula is C13H9N3OS. The Bertz CT molecular complexity index is 661. The molecule has 0 amide bonds. The van der Waals surface area contributed by atoms with Crippen molar-refractivity contribution in [3.8, 4) is 0 Å². The fraction of sp³-hybridized carbons (Fsp3) is 0. The largest absolute Gasteiger partial charge is 0.351 e. The monoisotopic (exact) mass is 255 g/mol. The Morgan fingerprint density at radius 3 is 2.67 bits per heavy atom. The van der Waals surface area contributed by atoms with Crippen LogP contribution in [0, 0.1) is 0 Å². The molecule has 4 nitrogen and oxygen atoms in total. The molecule has 0 aliphatic carbocycles. The molecule has 0 aliphatic heterocycles. The number of hydrogen-bond donors (Lipinski definition) is 1. The minimum atomic E-state index is -0.0857. The van der Waals surface area contributed by atoms with Gasteiger partial charge in [0.2, 0.25) is 5.12 Å². The summed E-state index contributed by atoms with van der Waals surface area (Å²) in [5.74, 6) is 0. The van der Waals surface area contributed by atoms with Gasteiger partial charge >= 0.3 is 0 Å². The third-order valence-electron chi connectivity index (χ3n) is 2.48. The van der Waals surface area contributed by atoms with E-state index in [4.69, 9.17) is 0 Å². The summed E-state index contributed by atoms with van der Waals surface area (Å²) in [5, 5.41) is 1.40. The van der Waals surface area contributed by atoms with Crippen LogP contribution >= 0.6 is 11.8 Å². The van der Waals surface area contributed by atoms with Crippen LogP contribution in [0.4, 0.5) is 0 Å². The Labute approximate surface area is 107 Å². The van der Waals surface area contributed by atoms with Gasteiger partial charge in [0.25, 0.3) is 0 Å². The van der Waals surface area contributed by atoms with E-state index < -0.39 is 0 Å². The van der Waals surface area contributed by atoms with Gasteiger partial charge in [0, 0.05) is 23.3 Å². The van der Waals surface area contributed by atoms with E-state index >= 15 is 0 Å². The quantitative estimate of drug-likeness (QED) is 0.565. The lowest BCUT2D eigenvalue weighted by Crippen LogP contribution is -1.95. The first-order valence-electron chi connectivity index (χ1n) is 5.40. The normalized spacial score (nSPS) is 10.7. The molecule has 0 unspecified atom stereocenters. The third-order valence-corrected chi connectivity index (χ3v) is 3.27. The standard InChI is InChI=1S/C13H9N3OS/c17-12(18-13-14-6-3-7-15-13)11-8-9-4-1-2-5-10(9)16-11/h1-8,16H. The maximum absolute atomic E-state index is 12.0. The summed E-state index contributed by atoms with van der Waals surface area (Å²) in [6.45, 7) is 0. The maximum atomic E-state index is 12.0. The summed E-state index contributed by atoms with van der Waals surface area (Å²) in [5.41, 5.74) is 1.52. The van der Waals surface area contributed by atoms with Crippen molar-refractivity contribution in [3.05, 3.63) is 54.5 Å². The molecule has 0 saturated carbocycles. The molecule has 0 atom stereocenters. The van der Waals surface area contributed by atoms with Gasteiger partial charge in [-0.2, -0.15) is 0 Å². The maximum Gasteiger partial charge on any atom is 0.243 e. The van der Waals surface area contributed by atoms with Crippen LogP contribution in [0.1, 0.15) is 10.5 Å². The number of H-pyrrole nitrogens is 1. The predicted octanol–water partition coefficient (Wildman–Crippen LogP) is 2.89. The van der Waals surface area contributed by atoms with Gasteiger partial charge in [-0.05, 0) is 30.0 Å². The smallest absolute Gasteiger partial charge is 0.243 e. The number of nitrogens with one attached hydrogen (secondary N) is 1. The molecule has 0 aliphatic rings. The van der Waals surface area contributed by atoms with Crippen molar-refractivity contribution in [2.24, 2.45) is 0 Å². The molecule has 0 radical (unpaired) electrons. The number of hydrogen-bond acceptors (Lipinski definition) is 4. The van der Waals surface area contributed by atoms with Crippen molar-refractivity contribution in [1.82, 2.24) is 15.0 Å². The second-order valence-electron chi connectivity index (χ2n) is 3.69. The van der Waals surface area contributed by atoms with E-state index in [2.05, 4.69) is 15.0 Å². The zero-order chi connectivity index (χ0) is 12.4. The van der Waals surface area contributed by atoms with Crippen molar-refractivity contribution in [2.45, 2.75) is 5.16 Å². The Balaban J connectivity index is 1.88. The SMILES string of the molecule is O=C(Sc1ncccn1)c1cc2ccccc2[nH]1. The fourth-order valence-electron chi connectivity index (χ4n) is 1.66. The molecule has 1 N–H and O–H groups in total. The van der Waals surface area contributed by atoms with Crippen LogP contribution in [0.15, 0.2) is 53.9 Å². The predicted molar refractivity (Wildman–Crippen MR) is 70.5 cm³/mol. The number of benzene rings is 1. The van der Waals surface area contributed by atoms with Crippen LogP contribution in [-0.4, -0.2) is 20.1 Å². The molecule has 0 saturated heterocycles. The number of aromatic amines is 1. The van der Waals surface area contributed by atoms with Gasteiger partial charge in [-0.3, -0.25) is 4.79 Å². The van der Waals surface area contributed by atoms with E-state index in [1.54, 1.807) is 18.5 Å². The minimum absolute atomic E-state index is 0.0857. The van der Waals surface area contributed by atoms with Crippen LogP contribution in [0.5, 0.6) is 0 Å². The van der Waals surface area contributed by atoms with Crippen molar-refractivity contribution in [3.63, 3.8) is 0 Å². The van der Waals surface area contributed by atoms with Gasteiger partial charge in [0.05, 0.1) is 5.69 Å². The Kier molecular flexibility index (Phi) is 2.82. The van der Waals surface area contributed by atoms with Crippen molar-refractivity contribution in [1.29, 1.82) is 0 Å². The lowest BCUT2D eigenvalue weighted by atomic mass is 10.2. The molecule has 2 heterocycles. The van der Waals surface area contributed by atoms with Gasteiger partial charge in [-0.25, -0.2) is 9.97 Å². The molecule has 5 heteroatoms. The van der Waals surface area contributed by atoms with Crippen molar-refractivity contribution < 1.29 is 4.79 Å². The number of carbonyl (C=O) groups excluding carboxylic acids is 1. The Morgan fingerprint density at radius 1 is 1.11 bits per heavy atom. The molecular weight excluding hydrogens is 246 g/mol. The summed E-state index contributed by atoms with van der Waals surface area (Å²) in [6.07, 6.45) is 3.24. The van der Waals surface area contributed by atoms with Gasteiger partial charge in [-0.15, -0.1) is 0 Å². The first-order chi connectivity index (χ1) is 8.83. The number of fused-ring (bicyclic) bond motifs is 1. The second-order valence-corrected chi connectivity index (χ2v) is 4.63. The van der Waals surface area contributed by atoms with E-state index in [0.29, 0.717) is 10.9 Å². The summed E-state index contributed by atoms with van der Waals surface area (Å²) in [6, 6.07) is 11.3. The first-order valence-corrected chi connectivity index (χ1v) is 6.21. The number of thioether (sulfide) groups is 1. The Morgan fingerprint density at radius 2 is 1.89 bits per heavy atom. The lowest BCUT2D eigenvalue weighted by Gasteiger charge is -1.95. The second kappa shape index (κ2) is 4.62. The van der Waals surface area contributed by atoms with E-state index in [-0.39, 0.29) is 5.12 Å². The van der Waals surface area contributed by atoms with Gasteiger partial charge in [0.15, 0.2) is 5.16 Å². The average molecular weight is 255 g/mol. The molecule has 3 rings (SSSR count). The highest BCUT2D eigenvalue weighted by molar-refractivity contribution is 8.14. The number of aromatic nitrogens is 3. The van der Waals surface area contributed by atoms with Gasteiger partial charge in [0.1, 0.15) is 0 Å². The van der Waals surface area contributed by atoms with Crippen molar-refractivity contribution in [2.75, 3.05) is 0 Å². The molecule has 1 aromatic carbocycles. The number of carbonyl (C=O) groups is 1. The molecule has 2 aromatic heterocycles. The number of para-hydroxylation sites is 1. The van der Waals surface area contributed by atoms with Crippen LogP contribution in [0.2, 0.25) is 0 Å². The highest BCUT2D eigenvalue weighted by atomic mass is 32.2. The van der Waals surface area contributed by atoms with E-state index in [1.807, 2.05) is 30.3 Å². The van der Waals surface area contributed by atoms with E-state index in [9.17, 15) is 4.79 Å². The van der Waals surface area contributed by atoms with Crippen LogP contribution in [0.3, 0.4) is 0 Å². The zero-order valence-corrected chi connectivity index (χ0v) is 10.1. The molecule has 0 spiro atoms. The fourth-order valence-corrected chi connectivity index (χ4v) is 2.27. The van der Waals surface area contributed by atoms with Gasteiger partial charge in [-0.1, -0.05) is 18.2 Å². The van der Waals surface area contributed by atoms with Crippen LogP contribution in [0.25, 0.3) is 10.9 Å². The molecule has 0 fully saturated rings. The third kappa shape index (κ3) is 2.12. The average Bonchev–Trinajstić information content (AvgIpc) is 2.84. The lowest BCUT2D eigenvalue weighted by molar-refractivity contribution is 0.108. The summed E-state index contributed by atoms with van der Waals surface area (Å²) in [7, 11) is 0. The minimum Gasteiger partial charge on any atom is -0.351 e. The molecule has 3 aromatic rings. The van der Waals surface area contributed by atoms with Crippen LogP contribution in [-0.2, 0) is 0 Å². The zero-order valence-electron chi connectivity index (χ0n) is 9.33. The van der Waals surface area contributed by atoms with E-state index in [1.165, 1.54) is 0 Å². The molecule has 0 bridgehead atoms. The number of nitrogens with zero attached hydrogens (tertiary/aromatic N) is 2. The van der Waals surface area contributed by atoms with Crippen LogP contribution < -0.4 is 0 Å². The highest BCUT2D eigenvalue weighted by Crippen LogP contribution is 2.21. The number of rotatable bonds is 2. The Hall–Kier alpha value is -2.14. The topological polar surface area (TPSA) is 58.6 Å². The summed E-state index contributed by atoms with van der Waals surface area (Å²) >= 11 is 1.02.